The summed E-state index contributed by atoms with van der Waals surface area (Å²) in [7, 11) is -3.97. The maximum absolute atomic E-state index is 12.7. The molecule has 3 rings (SSSR count). The topological polar surface area (TPSA) is 104 Å². The predicted octanol–water partition coefficient (Wildman–Crippen LogP) is 4.00. The van der Waals surface area contributed by atoms with Gasteiger partial charge in [0.15, 0.2) is 0 Å². The molecule has 7 nitrogen and oxygen atoms in total. The third-order valence-electron chi connectivity index (χ3n) is 4.23. The molecule has 0 atom stereocenters. The van der Waals surface area contributed by atoms with E-state index in [2.05, 4.69) is 15.6 Å². The first-order chi connectivity index (χ1) is 15.2. The summed E-state index contributed by atoms with van der Waals surface area (Å²) >= 11 is 7.34. The lowest BCUT2D eigenvalue weighted by molar-refractivity contribution is -0.119. The summed E-state index contributed by atoms with van der Waals surface area (Å²) in [6.45, 7) is 1.98. The summed E-state index contributed by atoms with van der Waals surface area (Å²) in [5.74, 6) is -0.930. The van der Waals surface area contributed by atoms with Crippen molar-refractivity contribution < 1.29 is 18.0 Å². The Hall–Kier alpha value is -3.01. The lowest BCUT2D eigenvalue weighted by Gasteiger charge is -2.11. The summed E-state index contributed by atoms with van der Waals surface area (Å²) in [6.07, 6.45) is 0. The fraction of sp³-hybridized carbons (Fsp3) is 0.0909. The SMILES string of the molecule is Cc1ccc(SCC(=O)NNC(=O)c2cccc(S(=O)(=O)Nc3ccccc3Cl)c2)cc1. The zero-order valence-electron chi connectivity index (χ0n) is 17.0. The van der Waals surface area contributed by atoms with Gasteiger partial charge in [-0.15, -0.1) is 11.8 Å². The van der Waals surface area contributed by atoms with E-state index in [0.717, 1.165) is 10.5 Å². The third kappa shape index (κ3) is 6.49. The summed E-state index contributed by atoms with van der Waals surface area (Å²) < 4.78 is 27.7. The van der Waals surface area contributed by atoms with Gasteiger partial charge in [0.25, 0.3) is 15.9 Å². The van der Waals surface area contributed by atoms with Crippen LogP contribution in [0.3, 0.4) is 0 Å². The van der Waals surface area contributed by atoms with Gasteiger partial charge in [0.2, 0.25) is 5.91 Å². The lowest BCUT2D eigenvalue weighted by atomic mass is 10.2. The zero-order chi connectivity index (χ0) is 23.1. The van der Waals surface area contributed by atoms with Crippen molar-refractivity contribution in [1.82, 2.24) is 10.9 Å². The molecule has 2 amide bonds. The van der Waals surface area contributed by atoms with Crippen molar-refractivity contribution in [3.05, 3.63) is 88.9 Å². The molecule has 0 fully saturated rings. The van der Waals surface area contributed by atoms with E-state index in [1.165, 1.54) is 42.1 Å². The first-order valence-electron chi connectivity index (χ1n) is 9.41. The fourth-order valence-electron chi connectivity index (χ4n) is 2.57. The summed E-state index contributed by atoms with van der Waals surface area (Å²) in [5.41, 5.74) is 6.03. The molecule has 10 heteroatoms. The number of benzene rings is 3. The van der Waals surface area contributed by atoms with E-state index in [1.807, 2.05) is 31.2 Å². The minimum absolute atomic E-state index is 0.0681. The number of aryl methyl sites for hydroxylation is 1. The van der Waals surface area contributed by atoms with E-state index in [9.17, 15) is 18.0 Å². The Morgan fingerprint density at radius 3 is 2.38 bits per heavy atom. The van der Waals surface area contributed by atoms with Gasteiger partial charge in [-0.2, -0.15) is 0 Å². The van der Waals surface area contributed by atoms with Gasteiger partial charge in [0.05, 0.1) is 21.4 Å². The number of hydrogen-bond acceptors (Lipinski definition) is 5. The van der Waals surface area contributed by atoms with E-state index in [0.29, 0.717) is 0 Å². The first kappa shape index (κ1) is 23.6. The maximum atomic E-state index is 12.7. The van der Waals surface area contributed by atoms with Crippen LogP contribution in [0.15, 0.2) is 82.6 Å². The largest absolute Gasteiger partial charge is 0.278 e. The highest BCUT2D eigenvalue weighted by molar-refractivity contribution is 8.00. The quantitative estimate of drug-likeness (QED) is 0.343. The standard InChI is InChI=1S/C22H20ClN3O4S2/c1-15-9-11-17(12-10-15)31-14-21(27)24-25-22(28)16-5-4-6-18(13-16)32(29,30)26-20-8-3-2-7-19(20)23/h2-13,26H,14H2,1H3,(H,24,27)(H,25,28). The van der Waals surface area contributed by atoms with Gasteiger partial charge >= 0.3 is 0 Å². The van der Waals surface area contributed by atoms with Crippen molar-refractivity contribution >= 4 is 50.9 Å². The van der Waals surface area contributed by atoms with Crippen LogP contribution in [-0.4, -0.2) is 26.0 Å². The number of rotatable bonds is 7. The minimum Gasteiger partial charge on any atom is -0.278 e. The Morgan fingerprint density at radius 1 is 0.938 bits per heavy atom. The van der Waals surface area contributed by atoms with E-state index in [1.54, 1.807) is 18.2 Å². The van der Waals surface area contributed by atoms with Crippen LogP contribution in [-0.2, 0) is 14.8 Å². The molecule has 0 spiro atoms. The van der Waals surface area contributed by atoms with Crippen molar-refractivity contribution in [2.75, 3.05) is 10.5 Å². The molecule has 166 valence electrons. The molecular formula is C22H20ClN3O4S2. The molecule has 0 saturated carbocycles. The van der Waals surface area contributed by atoms with Crippen LogP contribution in [0, 0.1) is 6.92 Å². The molecule has 0 aliphatic carbocycles. The van der Waals surface area contributed by atoms with Crippen LogP contribution in [0.2, 0.25) is 5.02 Å². The molecule has 3 N–H and O–H groups in total. The van der Waals surface area contributed by atoms with Gasteiger partial charge in [-0.25, -0.2) is 8.42 Å². The number of para-hydroxylation sites is 1. The van der Waals surface area contributed by atoms with Crippen molar-refractivity contribution in [1.29, 1.82) is 0 Å². The van der Waals surface area contributed by atoms with Crippen LogP contribution in [0.5, 0.6) is 0 Å². The van der Waals surface area contributed by atoms with Gasteiger partial charge in [0.1, 0.15) is 0 Å². The van der Waals surface area contributed by atoms with E-state index in [4.69, 9.17) is 11.6 Å². The van der Waals surface area contributed by atoms with Crippen molar-refractivity contribution in [3.8, 4) is 0 Å². The Bertz CT molecular complexity index is 1230. The Balaban J connectivity index is 1.59. The number of carbonyl (C=O) groups excluding carboxylic acids is 2. The number of hydrazine groups is 1. The fourth-order valence-corrected chi connectivity index (χ4v) is 4.63. The van der Waals surface area contributed by atoms with E-state index >= 15 is 0 Å². The number of halogens is 1. The number of anilines is 1. The van der Waals surface area contributed by atoms with Crippen LogP contribution in [0.4, 0.5) is 5.69 Å². The molecule has 3 aromatic rings. The molecule has 0 unspecified atom stereocenters. The first-order valence-corrected chi connectivity index (χ1v) is 12.3. The number of hydrogen-bond donors (Lipinski definition) is 3. The molecule has 0 saturated heterocycles. The van der Waals surface area contributed by atoms with Crippen molar-refractivity contribution in [2.24, 2.45) is 0 Å². The zero-order valence-corrected chi connectivity index (χ0v) is 19.4. The van der Waals surface area contributed by atoms with Crippen LogP contribution in [0.25, 0.3) is 0 Å². The molecule has 3 aromatic carbocycles. The third-order valence-corrected chi connectivity index (χ3v) is 6.94. The normalized spacial score (nSPS) is 10.9. The van der Waals surface area contributed by atoms with Gasteiger partial charge in [-0.3, -0.25) is 25.2 Å². The van der Waals surface area contributed by atoms with Gasteiger partial charge in [-0.1, -0.05) is 47.5 Å². The molecule has 0 bridgehead atoms. The maximum Gasteiger partial charge on any atom is 0.269 e. The number of amides is 2. The summed E-state index contributed by atoms with van der Waals surface area (Å²) in [4.78, 5) is 25.2. The number of sulfonamides is 1. The second kappa shape index (κ2) is 10.5. The van der Waals surface area contributed by atoms with Gasteiger partial charge < -0.3 is 0 Å². The second-order valence-electron chi connectivity index (χ2n) is 6.72. The van der Waals surface area contributed by atoms with Gasteiger partial charge in [-0.05, 0) is 49.4 Å². The summed E-state index contributed by atoms with van der Waals surface area (Å²) in [6, 6.07) is 19.6. The smallest absolute Gasteiger partial charge is 0.269 e. The molecule has 32 heavy (non-hydrogen) atoms. The van der Waals surface area contributed by atoms with Gasteiger partial charge in [0, 0.05) is 10.5 Å². The number of nitrogens with one attached hydrogen (secondary N) is 3. The molecular weight excluding hydrogens is 470 g/mol. The Kier molecular flexibility index (Phi) is 7.79. The second-order valence-corrected chi connectivity index (χ2v) is 9.86. The van der Waals surface area contributed by atoms with Crippen molar-refractivity contribution in [3.63, 3.8) is 0 Å². The number of carbonyl (C=O) groups is 2. The highest BCUT2D eigenvalue weighted by atomic mass is 35.5. The Morgan fingerprint density at radius 2 is 1.66 bits per heavy atom. The molecule has 0 aliphatic heterocycles. The highest BCUT2D eigenvalue weighted by Crippen LogP contribution is 2.24. The van der Waals surface area contributed by atoms with Crippen LogP contribution >= 0.6 is 23.4 Å². The van der Waals surface area contributed by atoms with E-state index in [-0.39, 0.29) is 26.9 Å². The molecule has 0 heterocycles. The predicted molar refractivity (Wildman–Crippen MR) is 126 cm³/mol. The lowest BCUT2D eigenvalue weighted by Crippen LogP contribution is -2.42. The van der Waals surface area contributed by atoms with Crippen LogP contribution in [0.1, 0.15) is 15.9 Å². The average molecular weight is 490 g/mol. The van der Waals surface area contributed by atoms with Crippen molar-refractivity contribution in [2.45, 2.75) is 16.7 Å². The summed E-state index contributed by atoms with van der Waals surface area (Å²) in [5, 5.41) is 0.246. The van der Waals surface area contributed by atoms with Crippen LogP contribution < -0.4 is 15.6 Å². The Labute approximate surface area is 195 Å². The molecule has 0 aliphatic rings. The minimum atomic E-state index is -3.97. The van der Waals surface area contributed by atoms with E-state index < -0.39 is 21.8 Å². The highest BCUT2D eigenvalue weighted by Gasteiger charge is 2.18. The monoisotopic (exact) mass is 489 g/mol. The number of thioether (sulfide) groups is 1. The molecule has 0 radical (unpaired) electrons. The average Bonchev–Trinajstić information content (AvgIpc) is 2.78. The molecule has 0 aromatic heterocycles.